The number of benzene rings is 2. The maximum atomic E-state index is 13.0. The summed E-state index contributed by atoms with van der Waals surface area (Å²) in [4.78, 5) is 13.3. The minimum atomic E-state index is -3.58. The third-order valence-electron chi connectivity index (χ3n) is 5.14. The average molecular weight is 488 g/mol. The minimum Gasteiger partial charge on any atom is -0.379 e. The molecule has 0 bridgehead atoms. The molecule has 0 unspecified atom stereocenters. The molecule has 0 aliphatic carbocycles. The van der Waals surface area contributed by atoms with Crippen LogP contribution in [-0.4, -0.2) is 50.1 Å². The number of amides is 1. The molecule has 0 radical (unpaired) electrons. The van der Waals surface area contributed by atoms with Crippen LogP contribution in [0.15, 0.2) is 70.1 Å². The summed E-state index contributed by atoms with van der Waals surface area (Å²) in [5.74, 6) is 1.19. The number of aryl methyl sites for hydroxylation is 1. The van der Waals surface area contributed by atoms with Gasteiger partial charge in [-0.3, -0.25) is 4.79 Å². The average Bonchev–Trinajstić information content (AvgIpc) is 3.25. The zero-order valence-corrected chi connectivity index (χ0v) is 19.8. The molecule has 1 amide bonds. The van der Waals surface area contributed by atoms with Crippen LogP contribution in [0.5, 0.6) is 0 Å². The van der Waals surface area contributed by atoms with Gasteiger partial charge < -0.3 is 14.6 Å². The summed E-state index contributed by atoms with van der Waals surface area (Å²) in [6, 6.07) is 18.0. The standard InChI is InChI=1S/C23H25N3O5S2/c1-17-14-21(25-31-17)24-23(27)22(19-7-3-2-4-8-19)32-16-18-6-5-9-20(15-18)33(28,29)26-10-12-30-13-11-26/h2-9,14-15,22H,10-13,16H2,1H3,(H,24,25,27)/t22-/m0/s1. The smallest absolute Gasteiger partial charge is 0.243 e. The number of sulfonamides is 1. The van der Waals surface area contributed by atoms with Gasteiger partial charge in [-0.05, 0) is 30.2 Å². The fourth-order valence-corrected chi connectivity index (χ4v) is 6.06. The molecule has 174 valence electrons. The molecular formula is C23H25N3O5S2. The van der Waals surface area contributed by atoms with E-state index >= 15 is 0 Å². The lowest BCUT2D eigenvalue weighted by molar-refractivity contribution is -0.115. The Morgan fingerprint density at radius 3 is 2.58 bits per heavy atom. The number of carbonyl (C=O) groups excluding carboxylic acids is 1. The van der Waals surface area contributed by atoms with E-state index in [2.05, 4.69) is 10.5 Å². The van der Waals surface area contributed by atoms with Gasteiger partial charge in [-0.1, -0.05) is 47.6 Å². The number of nitrogens with one attached hydrogen (secondary N) is 1. The van der Waals surface area contributed by atoms with Crippen molar-refractivity contribution in [3.8, 4) is 0 Å². The molecule has 1 atom stereocenters. The number of hydrogen-bond acceptors (Lipinski definition) is 7. The number of anilines is 1. The summed E-state index contributed by atoms with van der Waals surface area (Å²) in [6.07, 6.45) is 0. The van der Waals surface area contributed by atoms with Gasteiger partial charge in [0.25, 0.3) is 0 Å². The Morgan fingerprint density at radius 1 is 1.12 bits per heavy atom. The van der Waals surface area contributed by atoms with E-state index in [1.165, 1.54) is 16.1 Å². The van der Waals surface area contributed by atoms with Gasteiger partial charge in [0.15, 0.2) is 5.82 Å². The summed E-state index contributed by atoms with van der Waals surface area (Å²) < 4.78 is 37.7. The zero-order chi connectivity index (χ0) is 23.3. The van der Waals surface area contributed by atoms with Crippen molar-refractivity contribution < 1.29 is 22.5 Å². The number of rotatable bonds is 8. The summed E-state index contributed by atoms with van der Waals surface area (Å²) >= 11 is 1.42. The van der Waals surface area contributed by atoms with E-state index in [9.17, 15) is 13.2 Å². The van der Waals surface area contributed by atoms with Crippen LogP contribution in [0.2, 0.25) is 0 Å². The molecule has 1 fully saturated rings. The van der Waals surface area contributed by atoms with Crippen molar-refractivity contribution in [2.24, 2.45) is 0 Å². The van der Waals surface area contributed by atoms with E-state index in [1.54, 1.807) is 31.2 Å². The number of nitrogens with zero attached hydrogens (tertiary/aromatic N) is 2. The lowest BCUT2D eigenvalue weighted by atomic mass is 10.1. The number of thioether (sulfide) groups is 1. The van der Waals surface area contributed by atoms with Gasteiger partial charge in [-0.2, -0.15) is 4.31 Å². The molecule has 1 aliphatic rings. The van der Waals surface area contributed by atoms with E-state index in [4.69, 9.17) is 9.26 Å². The van der Waals surface area contributed by atoms with Gasteiger partial charge in [0.2, 0.25) is 15.9 Å². The first-order valence-corrected chi connectivity index (χ1v) is 13.0. The summed E-state index contributed by atoms with van der Waals surface area (Å²) in [6.45, 7) is 3.24. The van der Waals surface area contributed by atoms with Crippen LogP contribution >= 0.6 is 11.8 Å². The third kappa shape index (κ3) is 5.83. The SMILES string of the molecule is Cc1cc(NC(=O)[C@@H](SCc2cccc(S(=O)(=O)N3CCOCC3)c2)c2ccccc2)no1. The second-order valence-corrected chi connectivity index (χ2v) is 10.6. The van der Waals surface area contributed by atoms with Gasteiger partial charge in [0.05, 0.1) is 18.1 Å². The van der Waals surface area contributed by atoms with Crippen LogP contribution in [0, 0.1) is 6.92 Å². The fraction of sp³-hybridized carbons (Fsp3) is 0.304. The quantitative estimate of drug-likeness (QED) is 0.518. The first kappa shape index (κ1) is 23.5. The highest BCUT2D eigenvalue weighted by Crippen LogP contribution is 2.33. The van der Waals surface area contributed by atoms with Gasteiger partial charge in [-0.15, -0.1) is 11.8 Å². The van der Waals surface area contributed by atoms with Crippen LogP contribution in [0.1, 0.15) is 22.1 Å². The Balaban J connectivity index is 1.50. The molecule has 0 saturated carbocycles. The number of aromatic nitrogens is 1. The van der Waals surface area contributed by atoms with Crippen LogP contribution in [0.3, 0.4) is 0 Å². The largest absolute Gasteiger partial charge is 0.379 e. The van der Waals surface area contributed by atoms with E-state index < -0.39 is 15.3 Å². The second-order valence-electron chi connectivity index (χ2n) is 7.58. The first-order chi connectivity index (χ1) is 15.9. The van der Waals surface area contributed by atoms with Crippen molar-refractivity contribution in [2.45, 2.75) is 22.8 Å². The number of hydrogen-bond donors (Lipinski definition) is 1. The Kier molecular flexibility index (Phi) is 7.49. The van der Waals surface area contributed by atoms with Gasteiger partial charge >= 0.3 is 0 Å². The molecule has 10 heteroatoms. The number of morpholine rings is 1. The molecule has 4 rings (SSSR count). The zero-order valence-electron chi connectivity index (χ0n) is 18.1. The maximum Gasteiger partial charge on any atom is 0.243 e. The van der Waals surface area contributed by atoms with E-state index in [-0.39, 0.29) is 10.8 Å². The van der Waals surface area contributed by atoms with Crippen molar-refractivity contribution in [1.29, 1.82) is 0 Å². The number of carbonyl (C=O) groups is 1. The molecule has 2 aromatic carbocycles. The van der Waals surface area contributed by atoms with Crippen LogP contribution < -0.4 is 5.32 Å². The topological polar surface area (TPSA) is 102 Å². The van der Waals surface area contributed by atoms with E-state index in [0.717, 1.165) is 11.1 Å². The third-order valence-corrected chi connectivity index (χ3v) is 8.36. The molecule has 3 aromatic rings. The Morgan fingerprint density at radius 2 is 1.88 bits per heavy atom. The van der Waals surface area contributed by atoms with Gasteiger partial charge in [0.1, 0.15) is 11.0 Å². The second kappa shape index (κ2) is 10.5. The highest BCUT2D eigenvalue weighted by molar-refractivity contribution is 7.99. The monoisotopic (exact) mass is 487 g/mol. The predicted octanol–water partition coefficient (Wildman–Crippen LogP) is 3.62. The maximum absolute atomic E-state index is 13.0. The first-order valence-electron chi connectivity index (χ1n) is 10.5. The van der Waals surface area contributed by atoms with Crippen LogP contribution in [0.4, 0.5) is 5.82 Å². The Bertz CT molecular complexity index is 1190. The number of ether oxygens (including phenoxy) is 1. The molecule has 1 N–H and O–H groups in total. The highest BCUT2D eigenvalue weighted by Gasteiger charge is 2.27. The Labute approximate surface area is 197 Å². The molecular weight excluding hydrogens is 462 g/mol. The molecule has 1 aromatic heterocycles. The van der Waals surface area contributed by atoms with Crippen LogP contribution in [0.25, 0.3) is 0 Å². The van der Waals surface area contributed by atoms with Crippen molar-refractivity contribution in [2.75, 3.05) is 31.6 Å². The van der Waals surface area contributed by atoms with E-state index in [0.29, 0.717) is 43.6 Å². The molecule has 1 aliphatic heterocycles. The molecule has 2 heterocycles. The highest BCUT2D eigenvalue weighted by atomic mass is 32.2. The normalized spacial score (nSPS) is 15.8. The summed E-state index contributed by atoms with van der Waals surface area (Å²) in [5.41, 5.74) is 1.66. The minimum absolute atomic E-state index is 0.225. The van der Waals surface area contributed by atoms with Crippen molar-refractivity contribution in [3.05, 3.63) is 77.6 Å². The van der Waals surface area contributed by atoms with Gasteiger partial charge in [-0.25, -0.2) is 8.42 Å². The van der Waals surface area contributed by atoms with Crippen molar-refractivity contribution >= 4 is 33.5 Å². The van der Waals surface area contributed by atoms with Gasteiger partial charge in [0, 0.05) is 24.9 Å². The summed E-state index contributed by atoms with van der Waals surface area (Å²) in [7, 11) is -3.58. The molecule has 1 saturated heterocycles. The van der Waals surface area contributed by atoms with Crippen LogP contribution in [-0.2, 0) is 25.3 Å². The summed E-state index contributed by atoms with van der Waals surface area (Å²) in [5, 5.41) is 6.12. The lowest BCUT2D eigenvalue weighted by Gasteiger charge is -2.26. The molecule has 8 nitrogen and oxygen atoms in total. The lowest BCUT2D eigenvalue weighted by Crippen LogP contribution is -2.40. The van der Waals surface area contributed by atoms with E-state index in [1.807, 2.05) is 36.4 Å². The molecule has 33 heavy (non-hydrogen) atoms. The Hall–Kier alpha value is -2.66. The molecule has 0 spiro atoms. The predicted molar refractivity (Wildman–Crippen MR) is 126 cm³/mol. The fourth-order valence-electron chi connectivity index (χ4n) is 3.48. The van der Waals surface area contributed by atoms with Crippen molar-refractivity contribution in [1.82, 2.24) is 9.46 Å². The van der Waals surface area contributed by atoms with Crippen molar-refractivity contribution in [3.63, 3.8) is 0 Å².